The van der Waals surface area contributed by atoms with Crippen molar-refractivity contribution in [2.75, 3.05) is 5.32 Å². The number of amides is 1. The van der Waals surface area contributed by atoms with Gasteiger partial charge in [-0.25, -0.2) is 4.98 Å². The van der Waals surface area contributed by atoms with E-state index in [9.17, 15) is 10.1 Å². The summed E-state index contributed by atoms with van der Waals surface area (Å²) in [7, 11) is 0. The Labute approximate surface area is 169 Å². The lowest BCUT2D eigenvalue weighted by atomic mass is 10.0. The highest BCUT2D eigenvalue weighted by atomic mass is 32.2. The molecular formula is C23H21N3OS. The van der Waals surface area contributed by atoms with Crippen molar-refractivity contribution in [3.63, 3.8) is 0 Å². The van der Waals surface area contributed by atoms with Crippen LogP contribution in [-0.2, 0) is 17.6 Å². The number of nitriles is 1. The zero-order valence-corrected chi connectivity index (χ0v) is 16.8. The van der Waals surface area contributed by atoms with Crippen molar-refractivity contribution in [1.82, 2.24) is 4.98 Å². The van der Waals surface area contributed by atoms with Crippen LogP contribution in [0.15, 0.2) is 47.5 Å². The number of rotatable bonds is 4. The number of hydrogen-bond acceptors (Lipinski definition) is 4. The van der Waals surface area contributed by atoms with Crippen LogP contribution in [0.5, 0.6) is 0 Å². The van der Waals surface area contributed by atoms with Crippen LogP contribution in [0.1, 0.15) is 35.7 Å². The lowest BCUT2D eigenvalue weighted by Gasteiger charge is -2.15. The predicted molar refractivity (Wildman–Crippen MR) is 114 cm³/mol. The van der Waals surface area contributed by atoms with Crippen LogP contribution in [0.4, 0.5) is 5.69 Å². The first-order valence-corrected chi connectivity index (χ1v) is 10.3. The molecule has 1 amide bonds. The molecule has 0 bridgehead atoms. The molecule has 0 radical (unpaired) electrons. The maximum Gasteiger partial charge on any atom is 0.237 e. The fourth-order valence-electron chi connectivity index (χ4n) is 3.69. The van der Waals surface area contributed by atoms with Gasteiger partial charge in [-0.15, -0.1) is 0 Å². The molecule has 2 aromatic carbocycles. The summed E-state index contributed by atoms with van der Waals surface area (Å²) in [6.07, 6.45) is 3.03. The Morgan fingerprint density at radius 2 is 2.00 bits per heavy atom. The van der Waals surface area contributed by atoms with Crippen molar-refractivity contribution < 1.29 is 4.79 Å². The number of hydrogen-bond donors (Lipinski definition) is 1. The molecule has 5 heteroatoms. The minimum absolute atomic E-state index is 0.0934. The van der Waals surface area contributed by atoms with Crippen LogP contribution >= 0.6 is 11.8 Å². The van der Waals surface area contributed by atoms with E-state index in [1.807, 2.05) is 56.3 Å². The molecule has 3 aromatic rings. The predicted octanol–water partition coefficient (Wildman–Crippen LogP) is 5.02. The molecule has 0 saturated carbocycles. The normalized spacial score (nSPS) is 13.8. The van der Waals surface area contributed by atoms with Gasteiger partial charge in [-0.2, -0.15) is 5.26 Å². The van der Waals surface area contributed by atoms with E-state index in [0.717, 1.165) is 47.0 Å². The maximum atomic E-state index is 12.7. The molecule has 0 saturated heterocycles. The molecule has 1 unspecified atom stereocenters. The van der Waals surface area contributed by atoms with E-state index >= 15 is 0 Å². The first-order valence-electron chi connectivity index (χ1n) is 9.45. The van der Waals surface area contributed by atoms with Crippen molar-refractivity contribution in [2.45, 2.75) is 43.4 Å². The first kappa shape index (κ1) is 18.5. The zero-order chi connectivity index (χ0) is 19.7. The summed E-state index contributed by atoms with van der Waals surface area (Å²) in [5, 5.41) is 15.1. The molecule has 140 valence electrons. The summed E-state index contributed by atoms with van der Waals surface area (Å²) in [4.78, 5) is 17.4. The number of nitrogens with one attached hydrogen (secondary N) is 1. The highest BCUT2D eigenvalue weighted by Gasteiger charge is 2.24. The molecule has 4 rings (SSSR count). The molecule has 1 aliphatic rings. The highest BCUT2D eigenvalue weighted by molar-refractivity contribution is 8.00. The molecule has 1 aliphatic carbocycles. The van der Waals surface area contributed by atoms with Crippen LogP contribution in [-0.4, -0.2) is 16.1 Å². The van der Waals surface area contributed by atoms with E-state index in [2.05, 4.69) is 11.4 Å². The second kappa shape index (κ2) is 7.65. The summed E-state index contributed by atoms with van der Waals surface area (Å²) < 4.78 is 0. The van der Waals surface area contributed by atoms with Crippen molar-refractivity contribution in [3.05, 3.63) is 64.8 Å². The molecular weight excluding hydrogens is 366 g/mol. The summed E-state index contributed by atoms with van der Waals surface area (Å²) in [6, 6.07) is 16.2. The van der Waals surface area contributed by atoms with Gasteiger partial charge in [-0.05, 0) is 67.1 Å². The van der Waals surface area contributed by atoms with Crippen LogP contribution in [0.2, 0.25) is 0 Å². The Morgan fingerprint density at radius 3 is 2.79 bits per heavy atom. The van der Waals surface area contributed by atoms with E-state index in [-0.39, 0.29) is 11.2 Å². The number of aromatic nitrogens is 1. The minimum atomic E-state index is -0.357. The van der Waals surface area contributed by atoms with Crippen molar-refractivity contribution in [3.8, 4) is 6.07 Å². The van der Waals surface area contributed by atoms with Gasteiger partial charge < -0.3 is 5.32 Å². The molecule has 28 heavy (non-hydrogen) atoms. The number of thioether (sulfide) groups is 1. The van der Waals surface area contributed by atoms with Gasteiger partial charge in [0.15, 0.2) is 0 Å². The van der Waals surface area contributed by atoms with Crippen molar-refractivity contribution >= 4 is 34.1 Å². The quantitative estimate of drug-likeness (QED) is 0.638. The highest BCUT2D eigenvalue weighted by Crippen LogP contribution is 2.33. The van der Waals surface area contributed by atoms with E-state index in [1.54, 1.807) is 0 Å². The van der Waals surface area contributed by atoms with Gasteiger partial charge >= 0.3 is 0 Å². The standard InChI is InChI=1S/C23H21N3OS/c1-14-19-8-5-9-21(19)26-23(20(14)13-24)28-15(2)22(27)25-18-11-10-16-6-3-4-7-17(16)12-18/h3-4,6-7,10-12,15H,5,8-9H2,1-2H3,(H,25,27). The van der Waals surface area contributed by atoms with Gasteiger partial charge in [-0.1, -0.05) is 42.1 Å². The average molecular weight is 388 g/mol. The smallest absolute Gasteiger partial charge is 0.237 e. The molecule has 1 N–H and O–H groups in total. The van der Waals surface area contributed by atoms with E-state index in [1.165, 1.54) is 17.3 Å². The largest absolute Gasteiger partial charge is 0.325 e. The minimum Gasteiger partial charge on any atom is -0.325 e. The Bertz CT molecular complexity index is 1120. The summed E-state index contributed by atoms with van der Waals surface area (Å²) >= 11 is 1.36. The van der Waals surface area contributed by atoms with Gasteiger partial charge in [0.25, 0.3) is 0 Å². The summed E-state index contributed by atoms with van der Waals surface area (Å²) in [5.41, 5.74) is 4.70. The maximum absolute atomic E-state index is 12.7. The van der Waals surface area contributed by atoms with Gasteiger partial charge in [0.05, 0.1) is 10.8 Å². The Hall–Kier alpha value is -2.84. The van der Waals surface area contributed by atoms with E-state index in [4.69, 9.17) is 4.98 Å². The fourth-order valence-corrected chi connectivity index (χ4v) is 4.67. The van der Waals surface area contributed by atoms with Gasteiger partial charge in [0, 0.05) is 11.4 Å². The van der Waals surface area contributed by atoms with Crippen LogP contribution in [0, 0.1) is 18.3 Å². The number of benzene rings is 2. The molecule has 1 aromatic heterocycles. The second-order valence-corrected chi connectivity index (χ2v) is 8.45. The third-order valence-electron chi connectivity index (χ3n) is 5.25. The SMILES string of the molecule is Cc1c(C#N)c(SC(C)C(=O)Nc2ccc3ccccc3c2)nc2c1CCC2. The topological polar surface area (TPSA) is 65.8 Å². The van der Waals surface area contributed by atoms with Gasteiger partial charge in [0.2, 0.25) is 5.91 Å². The number of carbonyl (C=O) groups is 1. The van der Waals surface area contributed by atoms with Crippen LogP contribution in [0.3, 0.4) is 0 Å². The molecule has 1 heterocycles. The fraction of sp³-hybridized carbons (Fsp3) is 0.261. The number of anilines is 1. The first-order chi connectivity index (χ1) is 13.6. The summed E-state index contributed by atoms with van der Waals surface area (Å²) in [5.74, 6) is -0.0934. The number of nitrogens with zero attached hydrogens (tertiary/aromatic N) is 2. The molecule has 0 fully saturated rings. The second-order valence-electron chi connectivity index (χ2n) is 7.12. The van der Waals surface area contributed by atoms with Crippen LogP contribution in [0.25, 0.3) is 10.8 Å². The number of pyridine rings is 1. The lowest BCUT2D eigenvalue weighted by Crippen LogP contribution is -2.22. The number of carbonyl (C=O) groups excluding carboxylic acids is 1. The van der Waals surface area contributed by atoms with Crippen molar-refractivity contribution in [1.29, 1.82) is 5.26 Å². The van der Waals surface area contributed by atoms with E-state index < -0.39 is 0 Å². The Balaban J connectivity index is 1.53. The van der Waals surface area contributed by atoms with Gasteiger partial charge in [0.1, 0.15) is 11.1 Å². The monoisotopic (exact) mass is 387 g/mol. The lowest BCUT2D eigenvalue weighted by molar-refractivity contribution is -0.115. The van der Waals surface area contributed by atoms with Crippen molar-refractivity contribution in [2.24, 2.45) is 0 Å². The molecule has 1 atom stereocenters. The third kappa shape index (κ3) is 3.48. The molecule has 4 nitrogen and oxygen atoms in total. The Morgan fingerprint density at radius 1 is 1.21 bits per heavy atom. The molecule has 0 spiro atoms. The molecule has 0 aliphatic heterocycles. The van der Waals surface area contributed by atoms with Gasteiger partial charge in [-0.3, -0.25) is 4.79 Å². The number of fused-ring (bicyclic) bond motifs is 2. The average Bonchev–Trinajstić information content (AvgIpc) is 3.17. The van der Waals surface area contributed by atoms with E-state index in [0.29, 0.717) is 10.6 Å². The Kier molecular flexibility index (Phi) is 5.06. The summed E-state index contributed by atoms with van der Waals surface area (Å²) in [6.45, 7) is 3.85. The van der Waals surface area contributed by atoms with Crippen LogP contribution < -0.4 is 5.32 Å². The zero-order valence-electron chi connectivity index (χ0n) is 16.0. The number of aryl methyl sites for hydroxylation is 1. The third-order valence-corrected chi connectivity index (χ3v) is 6.34.